The molecule has 1 aromatic carbocycles. The fourth-order valence-corrected chi connectivity index (χ4v) is 3.70. The smallest absolute Gasteiger partial charge is 0.217 e. The van der Waals surface area contributed by atoms with E-state index < -0.39 is 0 Å². The van der Waals surface area contributed by atoms with Gasteiger partial charge in [-0.3, -0.25) is 10.00 Å². The fraction of sp³-hybridized carbons (Fsp3) is 0.529. The van der Waals surface area contributed by atoms with E-state index in [0.717, 1.165) is 30.9 Å². The third kappa shape index (κ3) is 3.66. The van der Waals surface area contributed by atoms with Gasteiger partial charge in [-0.05, 0) is 49.7 Å². The van der Waals surface area contributed by atoms with Gasteiger partial charge in [0.1, 0.15) is 5.75 Å². The van der Waals surface area contributed by atoms with Crippen LogP contribution in [0, 0.1) is 4.77 Å². The van der Waals surface area contributed by atoms with E-state index in [2.05, 4.69) is 21.9 Å². The number of ether oxygens (including phenoxy) is 1. The van der Waals surface area contributed by atoms with Gasteiger partial charge in [-0.1, -0.05) is 24.9 Å². The fourth-order valence-electron chi connectivity index (χ4n) is 3.33. The number of aromatic nitrogens is 3. The lowest BCUT2D eigenvalue weighted by Crippen LogP contribution is -2.40. The first-order valence-electron chi connectivity index (χ1n) is 8.37. The molecule has 0 aliphatic carbocycles. The van der Waals surface area contributed by atoms with Crippen LogP contribution in [0.5, 0.6) is 5.75 Å². The summed E-state index contributed by atoms with van der Waals surface area (Å²) in [6.45, 7) is 4.10. The summed E-state index contributed by atoms with van der Waals surface area (Å²) in [5.74, 6) is 1.41. The number of rotatable bonds is 5. The van der Waals surface area contributed by atoms with Crippen LogP contribution >= 0.6 is 23.8 Å². The van der Waals surface area contributed by atoms with Gasteiger partial charge in [-0.2, -0.15) is 4.98 Å². The standard InChI is InChI=1S/C17H23ClN4OS/c1-3-13-6-4-5-9-21(13)11-22-17(24)19-16(20-22)14-10-12(18)7-8-15(14)23-2/h7-8,10,13H,3-6,9,11H2,1-2H3,(H,19,20,24)/t13-/m0/s1. The number of benzene rings is 1. The minimum atomic E-state index is 0.549. The summed E-state index contributed by atoms with van der Waals surface area (Å²) in [5.41, 5.74) is 0.820. The maximum Gasteiger partial charge on any atom is 0.217 e. The van der Waals surface area contributed by atoms with Crippen molar-refractivity contribution in [2.24, 2.45) is 0 Å². The summed E-state index contributed by atoms with van der Waals surface area (Å²) < 4.78 is 7.89. The molecule has 0 spiro atoms. The summed E-state index contributed by atoms with van der Waals surface area (Å²) in [7, 11) is 1.64. The zero-order valence-electron chi connectivity index (χ0n) is 14.1. The Morgan fingerprint density at radius 2 is 2.25 bits per heavy atom. The van der Waals surface area contributed by atoms with Crippen LogP contribution in [-0.2, 0) is 6.67 Å². The molecular weight excluding hydrogens is 344 g/mol. The molecule has 130 valence electrons. The number of nitrogens with one attached hydrogen (secondary N) is 1. The maximum absolute atomic E-state index is 6.13. The summed E-state index contributed by atoms with van der Waals surface area (Å²) >= 11 is 11.6. The summed E-state index contributed by atoms with van der Waals surface area (Å²) in [6.07, 6.45) is 4.98. The molecule has 1 fully saturated rings. The van der Waals surface area contributed by atoms with Gasteiger partial charge in [0.2, 0.25) is 4.77 Å². The van der Waals surface area contributed by atoms with E-state index in [0.29, 0.717) is 21.7 Å². The van der Waals surface area contributed by atoms with Crippen molar-refractivity contribution in [2.45, 2.75) is 45.3 Å². The van der Waals surface area contributed by atoms with Gasteiger partial charge in [0.05, 0.1) is 19.3 Å². The molecule has 0 radical (unpaired) electrons. The number of likely N-dealkylation sites (tertiary alicyclic amines) is 1. The van der Waals surface area contributed by atoms with Gasteiger partial charge in [-0.25, -0.2) is 4.68 Å². The largest absolute Gasteiger partial charge is 0.496 e. The molecule has 1 aliphatic rings. The van der Waals surface area contributed by atoms with Crippen molar-refractivity contribution >= 4 is 23.8 Å². The second-order valence-corrected chi connectivity index (χ2v) is 6.94. The number of piperidine rings is 1. The molecule has 1 atom stereocenters. The molecule has 0 bridgehead atoms. The monoisotopic (exact) mass is 366 g/mol. The summed E-state index contributed by atoms with van der Waals surface area (Å²) in [6, 6.07) is 6.10. The van der Waals surface area contributed by atoms with Crippen LogP contribution in [0.3, 0.4) is 0 Å². The lowest BCUT2D eigenvalue weighted by molar-refractivity contribution is 0.101. The first-order chi connectivity index (χ1) is 11.6. The lowest BCUT2D eigenvalue weighted by atomic mass is 10.0. The Morgan fingerprint density at radius 3 is 3.00 bits per heavy atom. The Labute approximate surface area is 152 Å². The average Bonchev–Trinajstić information content (AvgIpc) is 2.96. The highest BCUT2D eigenvalue weighted by atomic mass is 35.5. The Morgan fingerprint density at radius 1 is 1.42 bits per heavy atom. The van der Waals surface area contributed by atoms with E-state index in [-0.39, 0.29) is 0 Å². The van der Waals surface area contributed by atoms with Gasteiger partial charge < -0.3 is 4.74 Å². The quantitative estimate of drug-likeness (QED) is 0.792. The number of nitrogens with zero attached hydrogens (tertiary/aromatic N) is 3. The highest BCUT2D eigenvalue weighted by molar-refractivity contribution is 7.71. The Balaban J connectivity index is 1.88. The van der Waals surface area contributed by atoms with Crippen LogP contribution in [0.4, 0.5) is 0 Å². The number of H-pyrrole nitrogens is 1. The minimum absolute atomic E-state index is 0.549. The number of halogens is 1. The SMILES string of the molecule is CC[C@H]1CCCCN1Cn1[nH]c(-c2cc(Cl)ccc2OC)nc1=S. The topological polar surface area (TPSA) is 46.1 Å². The van der Waals surface area contributed by atoms with Gasteiger partial charge in [0.15, 0.2) is 5.82 Å². The number of hydrogen-bond donors (Lipinski definition) is 1. The first-order valence-corrected chi connectivity index (χ1v) is 9.15. The van der Waals surface area contributed by atoms with Crippen molar-refractivity contribution in [3.05, 3.63) is 28.0 Å². The van der Waals surface area contributed by atoms with E-state index in [1.165, 1.54) is 19.3 Å². The molecule has 24 heavy (non-hydrogen) atoms. The van der Waals surface area contributed by atoms with Crippen LogP contribution in [0.2, 0.25) is 5.02 Å². The van der Waals surface area contributed by atoms with E-state index in [1.54, 1.807) is 13.2 Å². The molecule has 1 aliphatic heterocycles. The van der Waals surface area contributed by atoms with Crippen molar-refractivity contribution in [1.82, 2.24) is 19.7 Å². The number of aromatic amines is 1. The molecule has 7 heteroatoms. The second kappa shape index (κ2) is 7.68. The van der Waals surface area contributed by atoms with Crippen LogP contribution in [0.1, 0.15) is 32.6 Å². The predicted octanol–water partition coefficient (Wildman–Crippen LogP) is 4.49. The highest BCUT2D eigenvalue weighted by Gasteiger charge is 2.21. The maximum atomic E-state index is 6.13. The zero-order valence-corrected chi connectivity index (χ0v) is 15.7. The van der Waals surface area contributed by atoms with Crippen LogP contribution in [0.15, 0.2) is 18.2 Å². The van der Waals surface area contributed by atoms with Crippen LogP contribution in [-0.4, -0.2) is 39.4 Å². The highest BCUT2D eigenvalue weighted by Crippen LogP contribution is 2.30. The van der Waals surface area contributed by atoms with Gasteiger partial charge in [0.25, 0.3) is 0 Å². The van der Waals surface area contributed by atoms with E-state index in [9.17, 15) is 0 Å². The van der Waals surface area contributed by atoms with Gasteiger partial charge in [0, 0.05) is 17.6 Å². The molecule has 1 aromatic heterocycles. The molecule has 0 saturated carbocycles. The zero-order chi connectivity index (χ0) is 17.1. The first kappa shape index (κ1) is 17.5. The number of hydrogen-bond acceptors (Lipinski definition) is 4. The van der Waals surface area contributed by atoms with Crippen molar-refractivity contribution in [1.29, 1.82) is 0 Å². The van der Waals surface area contributed by atoms with E-state index in [4.69, 9.17) is 28.6 Å². The molecule has 3 rings (SSSR count). The molecule has 1 saturated heterocycles. The van der Waals surface area contributed by atoms with Gasteiger partial charge >= 0.3 is 0 Å². The predicted molar refractivity (Wildman–Crippen MR) is 99.0 cm³/mol. The summed E-state index contributed by atoms with van der Waals surface area (Å²) in [5, 5.41) is 3.95. The lowest BCUT2D eigenvalue weighted by Gasteiger charge is -2.34. The third-order valence-electron chi connectivity index (χ3n) is 4.64. The van der Waals surface area contributed by atoms with Crippen molar-refractivity contribution < 1.29 is 4.74 Å². The van der Waals surface area contributed by atoms with E-state index >= 15 is 0 Å². The number of methoxy groups -OCH3 is 1. The normalized spacial score (nSPS) is 18.7. The van der Waals surface area contributed by atoms with Crippen LogP contribution in [0.25, 0.3) is 11.4 Å². The van der Waals surface area contributed by atoms with Crippen molar-refractivity contribution in [3.8, 4) is 17.1 Å². The molecule has 5 nitrogen and oxygen atoms in total. The van der Waals surface area contributed by atoms with E-state index in [1.807, 2.05) is 16.8 Å². The Kier molecular flexibility index (Phi) is 5.58. The molecule has 2 aromatic rings. The molecule has 0 amide bonds. The average molecular weight is 367 g/mol. The third-order valence-corrected chi connectivity index (χ3v) is 5.19. The minimum Gasteiger partial charge on any atom is -0.496 e. The molecular formula is C17H23ClN4OS. The molecule has 2 heterocycles. The van der Waals surface area contributed by atoms with Crippen LogP contribution < -0.4 is 4.74 Å². The van der Waals surface area contributed by atoms with Crippen molar-refractivity contribution in [3.63, 3.8) is 0 Å². The van der Waals surface area contributed by atoms with Crippen molar-refractivity contribution in [2.75, 3.05) is 13.7 Å². The molecule has 1 N–H and O–H groups in total. The Hall–Kier alpha value is -1.37. The summed E-state index contributed by atoms with van der Waals surface area (Å²) in [4.78, 5) is 6.99. The second-order valence-electron chi connectivity index (χ2n) is 6.14. The molecule has 0 unspecified atom stereocenters. The Bertz CT molecular complexity index is 757. The van der Waals surface area contributed by atoms with Gasteiger partial charge in [-0.15, -0.1) is 0 Å².